The zero-order valence-electron chi connectivity index (χ0n) is 9.15. The summed E-state index contributed by atoms with van der Waals surface area (Å²) < 4.78 is 52.7. The first kappa shape index (κ1) is 16.7. The highest BCUT2D eigenvalue weighted by molar-refractivity contribution is 5.85. The molecule has 2 nitrogen and oxygen atoms in total. The highest BCUT2D eigenvalue weighted by Crippen LogP contribution is 2.28. The summed E-state index contributed by atoms with van der Waals surface area (Å²) in [6.07, 6.45) is -6.91. The van der Waals surface area contributed by atoms with Gasteiger partial charge in [-0.05, 0) is 17.7 Å². The molecule has 0 spiro atoms. The van der Waals surface area contributed by atoms with E-state index in [-0.39, 0.29) is 18.2 Å². The van der Waals surface area contributed by atoms with Crippen LogP contribution in [0, 0.1) is 0 Å². The number of halogens is 5. The Morgan fingerprint density at radius 1 is 1.22 bits per heavy atom. The van der Waals surface area contributed by atoms with Crippen LogP contribution in [0.5, 0.6) is 5.75 Å². The molecule has 1 atom stereocenters. The second kappa shape index (κ2) is 6.61. The van der Waals surface area contributed by atoms with E-state index >= 15 is 0 Å². The molecule has 0 saturated heterocycles. The summed E-state index contributed by atoms with van der Waals surface area (Å²) in [6.45, 7) is 3.47. The molecule has 0 amide bonds. The third kappa shape index (κ3) is 4.19. The predicted octanol–water partition coefficient (Wildman–Crippen LogP) is 3.53. The van der Waals surface area contributed by atoms with Gasteiger partial charge in [0, 0.05) is 6.04 Å². The van der Waals surface area contributed by atoms with Gasteiger partial charge < -0.3 is 10.5 Å². The molecule has 0 fully saturated rings. The van der Waals surface area contributed by atoms with Crippen LogP contribution in [0.4, 0.5) is 17.6 Å². The van der Waals surface area contributed by atoms with Crippen molar-refractivity contribution in [3.63, 3.8) is 0 Å². The maximum absolute atomic E-state index is 12.5. The Balaban J connectivity index is 0.00000289. The van der Waals surface area contributed by atoms with Crippen LogP contribution in [-0.2, 0) is 0 Å². The first-order valence-electron chi connectivity index (χ1n) is 4.70. The number of rotatable bonds is 5. The van der Waals surface area contributed by atoms with E-state index < -0.39 is 18.6 Å². The van der Waals surface area contributed by atoms with Crippen molar-refractivity contribution in [3.8, 4) is 5.75 Å². The van der Waals surface area contributed by atoms with Crippen molar-refractivity contribution in [1.82, 2.24) is 0 Å². The summed E-state index contributed by atoms with van der Waals surface area (Å²) in [5, 5.41) is 0. The fraction of sp³-hybridized carbons (Fsp3) is 0.273. The van der Waals surface area contributed by atoms with Crippen molar-refractivity contribution in [2.45, 2.75) is 18.6 Å². The number of benzene rings is 1. The first-order chi connectivity index (χ1) is 7.86. The summed E-state index contributed by atoms with van der Waals surface area (Å²) in [5.41, 5.74) is 6.21. The minimum Gasteiger partial charge on any atom is -0.428 e. The molecule has 0 bridgehead atoms. The standard InChI is InChI=1S/C11H11F4NO.ClH/c1-2-9(16)7-3-5-8(6-4-7)17-11(14,15)10(12)13;/h2-6,9-10H,1,16H2;1H/t9-;/m1./s1. The van der Waals surface area contributed by atoms with Crippen LogP contribution in [-0.4, -0.2) is 12.5 Å². The van der Waals surface area contributed by atoms with E-state index in [9.17, 15) is 17.6 Å². The Kier molecular flexibility index (Phi) is 6.14. The van der Waals surface area contributed by atoms with E-state index in [0.717, 1.165) is 12.1 Å². The second-order valence-corrected chi connectivity index (χ2v) is 3.30. The summed E-state index contributed by atoms with van der Waals surface area (Å²) in [5.74, 6) is -0.352. The maximum atomic E-state index is 12.5. The van der Waals surface area contributed by atoms with Crippen LogP contribution < -0.4 is 10.5 Å². The SMILES string of the molecule is C=C[C@@H](N)c1ccc(OC(F)(F)C(F)F)cc1.Cl. The van der Waals surface area contributed by atoms with Gasteiger partial charge in [0.15, 0.2) is 0 Å². The molecule has 0 heterocycles. The molecule has 0 aliphatic carbocycles. The molecule has 0 radical (unpaired) electrons. The van der Waals surface area contributed by atoms with E-state index in [1.54, 1.807) is 0 Å². The van der Waals surface area contributed by atoms with Crippen molar-refractivity contribution in [1.29, 1.82) is 0 Å². The lowest BCUT2D eigenvalue weighted by atomic mass is 10.1. The number of nitrogens with two attached hydrogens (primary N) is 1. The smallest absolute Gasteiger partial charge is 0.428 e. The van der Waals surface area contributed by atoms with E-state index in [4.69, 9.17) is 5.73 Å². The van der Waals surface area contributed by atoms with Gasteiger partial charge in [-0.15, -0.1) is 19.0 Å². The van der Waals surface area contributed by atoms with E-state index in [2.05, 4.69) is 11.3 Å². The fourth-order valence-electron chi connectivity index (χ4n) is 1.10. The van der Waals surface area contributed by atoms with Gasteiger partial charge in [0.1, 0.15) is 5.75 Å². The predicted molar refractivity (Wildman–Crippen MR) is 62.4 cm³/mol. The molecule has 1 aromatic carbocycles. The zero-order chi connectivity index (χ0) is 13.1. The molecule has 102 valence electrons. The molecule has 0 unspecified atom stereocenters. The van der Waals surface area contributed by atoms with Gasteiger partial charge in [0.05, 0.1) is 0 Å². The Hall–Kier alpha value is -1.27. The highest BCUT2D eigenvalue weighted by Gasteiger charge is 2.43. The molecule has 1 rings (SSSR count). The second-order valence-electron chi connectivity index (χ2n) is 3.30. The van der Waals surface area contributed by atoms with Gasteiger partial charge in [0.25, 0.3) is 0 Å². The van der Waals surface area contributed by atoms with Crippen molar-refractivity contribution in [2.75, 3.05) is 0 Å². The van der Waals surface area contributed by atoms with Crippen LogP contribution in [0.25, 0.3) is 0 Å². The lowest BCUT2D eigenvalue weighted by Crippen LogP contribution is -2.33. The maximum Gasteiger partial charge on any atom is 0.461 e. The largest absolute Gasteiger partial charge is 0.461 e. The van der Waals surface area contributed by atoms with E-state index in [0.29, 0.717) is 5.56 Å². The first-order valence-corrected chi connectivity index (χ1v) is 4.70. The molecular weight excluding hydrogens is 274 g/mol. The molecule has 0 aliphatic heterocycles. The zero-order valence-corrected chi connectivity index (χ0v) is 9.97. The third-order valence-electron chi connectivity index (χ3n) is 2.03. The monoisotopic (exact) mass is 285 g/mol. The van der Waals surface area contributed by atoms with Crippen LogP contribution in [0.15, 0.2) is 36.9 Å². The Morgan fingerprint density at radius 2 is 1.72 bits per heavy atom. The molecule has 1 aromatic rings. The van der Waals surface area contributed by atoms with Crippen LogP contribution in [0.2, 0.25) is 0 Å². The average Bonchev–Trinajstić information content (AvgIpc) is 2.28. The lowest BCUT2D eigenvalue weighted by molar-refractivity contribution is -0.253. The topological polar surface area (TPSA) is 35.2 Å². The van der Waals surface area contributed by atoms with Crippen LogP contribution in [0.1, 0.15) is 11.6 Å². The summed E-state index contributed by atoms with van der Waals surface area (Å²) in [6, 6.07) is 4.66. The average molecular weight is 286 g/mol. The number of alkyl halides is 4. The summed E-state index contributed by atoms with van der Waals surface area (Å²) in [7, 11) is 0. The minimum absolute atomic E-state index is 0. The summed E-state index contributed by atoms with van der Waals surface area (Å²) >= 11 is 0. The van der Waals surface area contributed by atoms with E-state index in [1.807, 2.05) is 0 Å². The van der Waals surface area contributed by atoms with Gasteiger partial charge in [0.2, 0.25) is 0 Å². The summed E-state index contributed by atoms with van der Waals surface area (Å²) in [4.78, 5) is 0. The van der Waals surface area contributed by atoms with Gasteiger partial charge in [-0.25, -0.2) is 0 Å². The lowest BCUT2D eigenvalue weighted by Gasteiger charge is -2.17. The normalized spacial score (nSPS) is 12.8. The number of hydrogen-bond donors (Lipinski definition) is 1. The fourth-order valence-corrected chi connectivity index (χ4v) is 1.10. The molecular formula is C11H12ClF4NO. The molecule has 7 heteroatoms. The van der Waals surface area contributed by atoms with Crippen LogP contribution >= 0.6 is 12.4 Å². The van der Waals surface area contributed by atoms with Crippen molar-refractivity contribution < 1.29 is 22.3 Å². The van der Waals surface area contributed by atoms with E-state index in [1.165, 1.54) is 18.2 Å². The highest BCUT2D eigenvalue weighted by atomic mass is 35.5. The van der Waals surface area contributed by atoms with Gasteiger partial charge in [-0.1, -0.05) is 18.2 Å². The Bertz CT molecular complexity index is 383. The van der Waals surface area contributed by atoms with Gasteiger partial charge in [-0.3, -0.25) is 0 Å². The molecule has 2 N–H and O–H groups in total. The molecule has 0 aromatic heterocycles. The number of ether oxygens (including phenoxy) is 1. The Labute approximate surface area is 108 Å². The minimum atomic E-state index is -4.50. The van der Waals surface area contributed by atoms with Crippen molar-refractivity contribution in [3.05, 3.63) is 42.5 Å². The Morgan fingerprint density at radius 3 is 2.11 bits per heavy atom. The third-order valence-corrected chi connectivity index (χ3v) is 2.03. The molecule has 0 saturated carbocycles. The quantitative estimate of drug-likeness (QED) is 0.663. The molecule has 0 aliphatic rings. The van der Waals surface area contributed by atoms with Crippen molar-refractivity contribution >= 4 is 12.4 Å². The van der Waals surface area contributed by atoms with Crippen LogP contribution in [0.3, 0.4) is 0 Å². The molecule has 18 heavy (non-hydrogen) atoms. The van der Waals surface area contributed by atoms with Gasteiger partial charge >= 0.3 is 12.5 Å². The van der Waals surface area contributed by atoms with Crippen molar-refractivity contribution in [2.24, 2.45) is 5.73 Å². The number of hydrogen-bond acceptors (Lipinski definition) is 2. The van der Waals surface area contributed by atoms with Gasteiger partial charge in [-0.2, -0.15) is 17.6 Å².